The third-order valence-corrected chi connectivity index (χ3v) is 3.04. The lowest BCUT2D eigenvalue weighted by Gasteiger charge is -2.15. The minimum Gasteiger partial charge on any atom is -0.454 e. The number of carbonyl (C=O) groups is 2. The average Bonchev–Trinajstić information content (AvgIpc) is 2.51. The first-order chi connectivity index (χ1) is 11.2. The molecule has 5 nitrogen and oxygen atoms in total. The van der Waals surface area contributed by atoms with Crippen LogP contribution < -0.4 is 5.32 Å². The number of rotatable bonds is 7. The van der Waals surface area contributed by atoms with E-state index in [-0.39, 0.29) is 11.6 Å². The Morgan fingerprint density at radius 2 is 2.08 bits per heavy atom. The Balaban J connectivity index is 2.70. The second kappa shape index (κ2) is 8.70. The normalized spacial score (nSPS) is 12.4. The van der Waals surface area contributed by atoms with Crippen molar-refractivity contribution >= 4 is 29.2 Å². The van der Waals surface area contributed by atoms with Gasteiger partial charge < -0.3 is 14.8 Å². The van der Waals surface area contributed by atoms with E-state index >= 15 is 0 Å². The van der Waals surface area contributed by atoms with Gasteiger partial charge in [0.15, 0.2) is 12.7 Å². The van der Waals surface area contributed by atoms with Gasteiger partial charge in [-0.25, -0.2) is 4.79 Å². The van der Waals surface area contributed by atoms with Crippen molar-refractivity contribution < 1.29 is 32.2 Å². The van der Waals surface area contributed by atoms with Crippen LogP contribution in [0.15, 0.2) is 30.9 Å². The van der Waals surface area contributed by atoms with Crippen molar-refractivity contribution in [3.63, 3.8) is 0 Å². The summed E-state index contributed by atoms with van der Waals surface area (Å²) < 4.78 is 48.3. The highest BCUT2D eigenvalue weighted by molar-refractivity contribution is 6.34. The van der Waals surface area contributed by atoms with Gasteiger partial charge in [0.25, 0.3) is 5.91 Å². The molecule has 0 heterocycles. The van der Waals surface area contributed by atoms with Crippen molar-refractivity contribution in [2.45, 2.75) is 19.2 Å². The summed E-state index contributed by atoms with van der Waals surface area (Å²) in [7, 11) is 0. The third kappa shape index (κ3) is 5.86. The van der Waals surface area contributed by atoms with E-state index in [4.69, 9.17) is 16.3 Å². The molecule has 132 valence electrons. The fourth-order valence-corrected chi connectivity index (χ4v) is 1.82. The van der Waals surface area contributed by atoms with E-state index in [1.165, 1.54) is 19.1 Å². The van der Waals surface area contributed by atoms with Gasteiger partial charge >= 0.3 is 12.1 Å². The maximum Gasteiger partial charge on any atom is 0.418 e. The predicted molar refractivity (Wildman–Crippen MR) is 81.7 cm³/mol. The molecule has 1 aromatic rings. The minimum absolute atomic E-state index is 0.108. The van der Waals surface area contributed by atoms with Crippen LogP contribution in [0.5, 0.6) is 0 Å². The fraction of sp³-hybridized carbons (Fsp3) is 0.333. The molecule has 0 saturated carbocycles. The Bertz CT molecular complexity index is 619. The molecule has 0 aliphatic rings. The van der Waals surface area contributed by atoms with Crippen LogP contribution in [-0.4, -0.2) is 31.2 Å². The van der Waals surface area contributed by atoms with Crippen LogP contribution in [0.4, 0.5) is 18.9 Å². The van der Waals surface area contributed by atoms with Gasteiger partial charge in [0.1, 0.15) is 0 Å². The number of alkyl halides is 3. The SMILES string of the molecule is C=CCOC(C)C(=O)OCC(=O)Nc1c(Cl)cccc1C(F)(F)F. The number of nitrogens with one attached hydrogen (secondary N) is 1. The van der Waals surface area contributed by atoms with E-state index in [0.717, 1.165) is 12.1 Å². The second-order valence-electron chi connectivity index (χ2n) is 4.58. The van der Waals surface area contributed by atoms with E-state index in [1.807, 2.05) is 5.32 Å². The molecule has 0 spiro atoms. The zero-order valence-electron chi connectivity index (χ0n) is 12.7. The first kappa shape index (κ1) is 20.0. The van der Waals surface area contributed by atoms with Gasteiger partial charge in [0.2, 0.25) is 0 Å². The molecule has 0 aliphatic heterocycles. The zero-order valence-corrected chi connectivity index (χ0v) is 13.4. The highest BCUT2D eigenvalue weighted by Crippen LogP contribution is 2.38. The Morgan fingerprint density at radius 1 is 1.42 bits per heavy atom. The van der Waals surface area contributed by atoms with Crippen LogP contribution >= 0.6 is 11.6 Å². The van der Waals surface area contributed by atoms with Crippen LogP contribution in [0.2, 0.25) is 5.02 Å². The van der Waals surface area contributed by atoms with Crippen molar-refractivity contribution in [1.29, 1.82) is 0 Å². The molecule has 0 aliphatic carbocycles. The number of anilines is 1. The van der Waals surface area contributed by atoms with Gasteiger partial charge in [0, 0.05) is 0 Å². The molecule has 0 bridgehead atoms. The van der Waals surface area contributed by atoms with Crippen LogP contribution in [0.3, 0.4) is 0 Å². The van der Waals surface area contributed by atoms with Crippen LogP contribution in [0.1, 0.15) is 12.5 Å². The first-order valence-electron chi connectivity index (χ1n) is 6.71. The summed E-state index contributed by atoms with van der Waals surface area (Å²) in [4.78, 5) is 23.2. The van der Waals surface area contributed by atoms with Gasteiger partial charge in [-0.1, -0.05) is 23.7 Å². The molecule has 1 aromatic carbocycles. The number of amides is 1. The molecule has 0 fully saturated rings. The fourth-order valence-electron chi connectivity index (χ4n) is 1.60. The van der Waals surface area contributed by atoms with Crippen molar-refractivity contribution in [2.24, 2.45) is 0 Å². The molecular formula is C15H15ClF3NO4. The summed E-state index contributed by atoms with van der Waals surface area (Å²) in [6, 6.07) is 3.09. The topological polar surface area (TPSA) is 64.6 Å². The van der Waals surface area contributed by atoms with E-state index in [0.29, 0.717) is 0 Å². The summed E-state index contributed by atoms with van der Waals surface area (Å²) in [6.07, 6.45) is -4.22. The molecule has 1 atom stereocenters. The number of esters is 1. The van der Waals surface area contributed by atoms with Gasteiger partial charge in [-0.3, -0.25) is 4.79 Å². The maximum atomic E-state index is 12.9. The van der Waals surface area contributed by atoms with E-state index in [2.05, 4.69) is 11.3 Å². The molecule has 1 unspecified atom stereocenters. The molecule has 0 radical (unpaired) electrons. The third-order valence-electron chi connectivity index (χ3n) is 2.72. The highest BCUT2D eigenvalue weighted by atomic mass is 35.5. The lowest BCUT2D eigenvalue weighted by molar-refractivity contribution is -0.157. The maximum absolute atomic E-state index is 12.9. The van der Waals surface area contributed by atoms with Crippen LogP contribution in [0, 0.1) is 0 Å². The monoisotopic (exact) mass is 365 g/mol. The Labute approximate surface area is 141 Å². The Kier molecular flexibility index (Phi) is 7.24. The first-order valence-corrected chi connectivity index (χ1v) is 7.09. The molecular weight excluding hydrogens is 351 g/mol. The lowest BCUT2D eigenvalue weighted by Crippen LogP contribution is -2.28. The number of carbonyl (C=O) groups excluding carboxylic acids is 2. The molecule has 1 amide bonds. The summed E-state index contributed by atoms with van der Waals surface area (Å²) in [5.41, 5.74) is -1.69. The highest BCUT2D eigenvalue weighted by Gasteiger charge is 2.34. The predicted octanol–water partition coefficient (Wildman–Crippen LogP) is 3.43. The Morgan fingerprint density at radius 3 is 2.67 bits per heavy atom. The quantitative estimate of drug-likeness (QED) is 0.594. The lowest BCUT2D eigenvalue weighted by atomic mass is 10.1. The van der Waals surface area contributed by atoms with Gasteiger partial charge in [-0.2, -0.15) is 13.2 Å². The van der Waals surface area contributed by atoms with E-state index < -0.39 is 42.0 Å². The van der Waals surface area contributed by atoms with Crippen molar-refractivity contribution in [3.8, 4) is 0 Å². The molecule has 1 N–H and O–H groups in total. The summed E-state index contributed by atoms with van der Waals surface area (Å²) in [5, 5.41) is 1.71. The van der Waals surface area contributed by atoms with E-state index in [9.17, 15) is 22.8 Å². The zero-order chi connectivity index (χ0) is 18.3. The van der Waals surface area contributed by atoms with Gasteiger partial charge in [0.05, 0.1) is 22.9 Å². The number of hydrogen-bond acceptors (Lipinski definition) is 4. The standard InChI is InChI=1S/C15H15ClF3NO4/c1-3-7-23-9(2)14(22)24-8-12(21)20-13-10(15(17,18)19)5-4-6-11(13)16/h3-6,9H,1,7-8H2,2H3,(H,20,21). The minimum atomic E-state index is -4.70. The molecule has 0 aromatic heterocycles. The second-order valence-corrected chi connectivity index (χ2v) is 4.99. The number of hydrogen-bond donors (Lipinski definition) is 1. The molecule has 1 rings (SSSR count). The van der Waals surface area contributed by atoms with Crippen molar-refractivity contribution in [3.05, 3.63) is 41.4 Å². The number of ether oxygens (including phenoxy) is 2. The van der Waals surface area contributed by atoms with Crippen molar-refractivity contribution in [2.75, 3.05) is 18.5 Å². The smallest absolute Gasteiger partial charge is 0.418 e. The number of halogens is 4. The largest absolute Gasteiger partial charge is 0.454 e. The average molecular weight is 366 g/mol. The van der Waals surface area contributed by atoms with Gasteiger partial charge in [-0.05, 0) is 19.1 Å². The van der Waals surface area contributed by atoms with E-state index in [1.54, 1.807) is 0 Å². The van der Waals surface area contributed by atoms with Crippen LogP contribution in [-0.2, 0) is 25.2 Å². The summed E-state index contributed by atoms with van der Waals surface area (Å²) in [6.45, 7) is 4.14. The summed E-state index contributed by atoms with van der Waals surface area (Å²) in [5.74, 6) is -1.79. The van der Waals surface area contributed by atoms with Crippen LogP contribution in [0.25, 0.3) is 0 Å². The molecule has 24 heavy (non-hydrogen) atoms. The number of benzene rings is 1. The molecule has 0 saturated heterocycles. The molecule has 9 heteroatoms. The summed E-state index contributed by atoms with van der Waals surface area (Å²) >= 11 is 5.70. The van der Waals surface area contributed by atoms with Gasteiger partial charge in [-0.15, -0.1) is 6.58 Å². The Hall–Kier alpha value is -2.06. The van der Waals surface area contributed by atoms with Crippen molar-refractivity contribution in [1.82, 2.24) is 0 Å². The number of para-hydroxylation sites is 1.